The SMILES string of the molecule is Cc1c(C)c(C)c(OS(=O)Cl)c(C)c1C.Cc1cc(C)c(C)c(C)c1C.O=S(=O)(O)Cl. The molecule has 0 aromatic heterocycles. The summed E-state index contributed by atoms with van der Waals surface area (Å²) in [5.74, 6) is 0.643. The lowest BCUT2D eigenvalue weighted by Crippen LogP contribution is -2.02. The van der Waals surface area contributed by atoms with Crippen molar-refractivity contribution in [3.05, 3.63) is 61.7 Å². The lowest BCUT2D eigenvalue weighted by Gasteiger charge is -2.16. The van der Waals surface area contributed by atoms with Gasteiger partial charge in [0.15, 0.2) is 0 Å². The molecule has 0 aliphatic heterocycles. The maximum atomic E-state index is 10.9. The molecule has 0 fully saturated rings. The van der Waals surface area contributed by atoms with E-state index in [0.717, 1.165) is 22.3 Å². The van der Waals surface area contributed by atoms with Crippen LogP contribution in [0.5, 0.6) is 5.75 Å². The van der Waals surface area contributed by atoms with E-state index < -0.39 is 19.6 Å². The Hall–Kier alpha value is -1.12. The van der Waals surface area contributed by atoms with Gasteiger partial charge in [-0.2, -0.15) is 12.6 Å². The van der Waals surface area contributed by atoms with Crippen molar-refractivity contribution < 1.29 is 21.4 Å². The fourth-order valence-corrected chi connectivity index (χ4v) is 3.64. The third-order valence-corrected chi connectivity index (χ3v) is 6.31. The summed E-state index contributed by atoms with van der Waals surface area (Å²) in [6.07, 6.45) is 0. The minimum Gasteiger partial charge on any atom is -0.388 e. The number of hydrogen-bond acceptors (Lipinski definition) is 4. The van der Waals surface area contributed by atoms with E-state index in [0.29, 0.717) is 5.75 Å². The second-order valence-electron chi connectivity index (χ2n) is 7.53. The van der Waals surface area contributed by atoms with Gasteiger partial charge in [0.2, 0.25) is 0 Å². The Kier molecular flexibility index (Phi) is 11.8. The van der Waals surface area contributed by atoms with Crippen LogP contribution in [0.25, 0.3) is 0 Å². The first-order valence-corrected chi connectivity index (χ1v) is 13.6. The molecule has 1 N–H and O–H groups in total. The molecule has 0 saturated heterocycles. The zero-order valence-corrected chi connectivity index (χ0v) is 22.9. The van der Waals surface area contributed by atoms with E-state index in [1.807, 2.05) is 27.7 Å². The van der Waals surface area contributed by atoms with Gasteiger partial charge in [-0.25, -0.2) is 0 Å². The maximum absolute atomic E-state index is 10.9. The molecule has 2 aromatic rings. The minimum absolute atomic E-state index is 0.643. The smallest absolute Gasteiger partial charge is 0.353 e. The Labute approximate surface area is 198 Å². The Morgan fingerprint density at radius 1 is 0.710 bits per heavy atom. The average molecular weight is 512 g/mol. The molecule has 31 heavy (non-hydrogen) atoms. The fourth-order valence-electron chi connectivity index (χ4n) is 3.07. The van der Waals surface area contributed by atoms with Crippen LogP contribution in [0.4, 0.5) is 0 Å². The van der Waals surface area contributed by atoms with E-state index in [1.165, 1.54) is 33.4 Å². The van der Waals surface area contributed by atoms with Gasteiger partial charge in [0.05, 0.1) is 0 Å². The molecule has 9 heteroatoms. The van der Waals surface area contributed by atoms with Gasteiger partial charge in [0, 0.05) is 21.4 Å². The molecule has 0 amide bonds. The highest BCUT2D eigenvalue weighted by Gasteiger charge is 2.14. The lowest BCUT2D eigenvalue weighted by molar-refractivity contribution is 0.501. The summed E-state index contributed by atoms with van der Waals surface area (Å²) in [4.78, 5) is 0. The predicted octanol–water partition coefficient (Wildman–Crippen LogP) is 6.68. The highest BCUT2D eigenvalue weighted by atomic mass is 35.7. The van der Waals surface area contributed by atoms with Crippen molar-refractivity contribution in [2.24, 2.45) is 0 Å². The van der Waals surface area contributed by atoms with Crippen LogP contribution in [-0.4, -0.2) is 17.2 Å². The first-order chi connectivity index (χ1) is 13.9. The molecule has 1 unspecified atom stereocenters. The molecule has 0 aliphatic carbocycles. The minimum atomic E-state index is -4.19. The topological polar surface area (TPSA) is 80.7 Å². The van der Waals surface area contributed by atoms with Crippen molar-refractivity contribution in [1.29, 1.82) is 0 Å². The van der Waals surface area contributed by atoms with Crippen LogP contribution in [-0.2, 0) is 19.6 Å². The monoisotopic (exact) mass is 510 g/mol. The van der Waals surface area contributed by atoms with Gasteiger partial charge in [-0.15, -0.1) is 0 Å². The Bertz CT molecular complexity index is 1020. The third-order valence-electron chi connectivity index (χ3n) is 5.82. The number of rotatable bonds is 2. The molecule has 1 atom stereocenters. The van der Waals surface area contributed by atoms with E-state index >= 15 is 0 Å². The van der Waals surface area contributed by atoms with E-state index in [1.54, 1.807) is 0 Å². The van der Waals surface area contributed by atoms with Crippen molar-refractivity contribution in [2.45, 2.75) is 69.2 Å². The summed E-state index contributed by atoms with van der Waals surface area (Å²) in [6.45, 7) is 21.0. The Morgan fingerprint density at radius 2 is 0.968 bits per heavy atom. The Morgan fingerprint density at radius 3 is 1.26 bits per heavy atom. The van der Waals surface area contributed by atoms with E-state index in [-0.39, 0.29) is 0 Å². The van der Waals surface area contributed by atoms with Crippen molar-refractivity contribution in [3.8, 4) is 5.75 Å². The van der Waals surface area contributed by atoms with Crippen LogP contribution >= 0.6 is 21.4 Å². The van der Waals surface area contributed by atoms with Gasteiger partial charge in [0.25, 0.3) is 0 Å². The van der Waals surface area contributed by atoms with Gasteiger partial charge < -0.3 is 4.18 Å². The molecule has 0 aliphatic rings. The van der Waals surface area contributed by atoms with Crippen LogP contribution in [0.3, 0.4) is 0 Å². The van der Waals surface area contributed by atoms with E-state index in [4.69, 9.17) is 27.8 Å². The second-order valence-corrected chi connectivity index (χ2v) is 10.8. The molecule has 2 aromatic carbocycles. The maximum Gasteiger partial charge on any atom is 0.353 e. The van der Waals surface area contributed by atoms with Crippen molar-refractivity contribution >= 4 is 41.0 Å². The zero-order chi connectivity index (χ0) is 24.8. The molecule has 176 valence electrons. The molecular formula is C22H32Cl2O5S2. The highest BCUT2D eigenvalue weighted by Crippen LogP contribution is 2.32. The molecule has 0 radical (unpaired) electrons. The van der Waals surface area contributed by atoms with Crippen molar-refractivity contribution in [3.63, 3.8) is 0 Å². The standard InChI is InChI=1S/C11H15ClO2S.C11H16.ClHO3S/c1-6-7(2)9(4)11(14-15(12)13)10(5)8(6)3;1-7-6-8(2)10(4)11(5)9(7)3;1-5(2,3)4/h1-5H3;6H,1-5H3;(H,2,3,4). The normalized spacial score (nSPS) is 11.6. The summed E-state index contributed by atoms with van der Waals surface area (Å²) in [5, 5.41) is 0. The molecular weight excluding hydrogens is 479 g/mol. The van der Waals surface area contributed by atoms with E-state index in [2.05, 4.69) is 58.3 Å². The van der Waals surface area contributed by atoms with Crippen molar-refractivity contribution in [2.75, 3.05) is 0 Å². The van der Waals surface area contributed by atoms with Crippen LogP contribution in [0.15, 0.2) is 6.07 Å². The van der Waals surface area contributed by atoms with Crippen LogP contribution < -0.4 is 4.18 Å². The first-order valence-electron chi connectivity index (χ1n) is 9.44. The lowest BCUT2D eigenvalue weighted by atomic mass is 9.94. The van der Waals surface area contributed by atoms with Crippen LogP contribution in [0, 0.1) is 69.2 Å². The van der Waals surface area contributed by atoms with E-state index in [9.17, 15) is 4.21 Å². The van der Waals surface area contributed by atoms with Gasteiger partial charge in [-0.3, -0.25) is 4.55 Å². The van der Waals surface area contributed by atoms with Gasteiger partial charge in [-0.05, 0) is 125 Å². The van der Waals surface area contributed by atoms with Crippen LogP contribution in [0.1, 0.15) is 55.6 Å². The number of halogens is 2. The van der Waals surface area contributed by atoms with Crippen LogP contribution in [0.2, 0.25) is 0 Å². The quantitative estimate of drug-likeness (QED) is 0.359. The molecule has 0 saturated carbocycles. The third kappa shape index (κ3) is 9.49. The Balaban J connectivity index is 0.000000492. The number of hydrogen-bond donors (Lipinski definition) is 1. The predicted molar refractivity (Wildman–Crippen MR) is 132 cm³/mol. The zero-order valence-electron chi connectivity index (χ0n) is 19.7. The average Bonchev–Trinajstić information content (AvgIpc) is 2.64. The largest absolute Gasteiger partial charge is 0.388 e. The molecule has 0 heterocycles. The molecule has 5 nitrogen and oxygen atoms in total. The molecule has 2 rings (SSSR count). The highest BCUT2D eigenvalue weighted by molar-refractivity contribution is 8.09. The molecule has 0 spiro atoms. The summed E-state index contributed by atoms with van der Waals surface area (Å²) in [7, 11) is 3.43. The summed E-state index contributed by atoms with van der Waals surface area (Å²) in [6, 6.07) is 2.26. The number of aryl methyl sites for hydroxylation is 2. The second kappa shape index (κ2) is 12.2. The summed E-state index contributed by atoms with van der Waals surface area (Å²) in [5.41, 5.74) is 12.7. The van der Waals surface area contributed by atoms with Crippen molar-refractivity contribution in [1.82, 2.24) is 0 Å². The fraction of sp³-hybridized carbons (Fsp3) is 0.455. The van der Waals surface area contributed by atoms with Gasteiger partial charge in [0.1, 0.15) is 5.75 Å². The molecule has 0 bridgehead atoms. The van der Waals surface area contributed by atoms with Gasteiger partial charge in [-0.1, -0.05) is 6.07 Å². The summed E-state index contributed by atoms with van der Waals surface area (Å²) < 4.78 is 41.2. The first kappa shape index (κ1) is 29.9. The van der Waals surface area contributed by atoms with Gasteiger partial charge >= 0.3 is 19.6 Å². The number of benzene rings is 2. The summed E-state index contributed by atoms with van der Waals surface area (Å²) >= 11 is 0.